The fraction of sp³-hybridized carbons (Fsp3) is 0.353. The number of nitrogens with two attached hydrogens (primary N) is 1. The van der Waals surface area contributed by atoms with Crippen molar-refractivity contribution in [1.29, 1.82) is 0 Å². The van der Waals surface area contributed by atoms with Crippen molar-refractivity contribution in [3.05, 3.63) is 39.2 Å². The Balaban J connectivity index is 1.62. The number of anilines is 1. The number of benzene rings is 1. The highest BCUT2D eigenvalue weighted by Crippen LogP contribution is 2.42. The Kier molecular flexibility index (Phi) is 5.16. The molecule has 7 heteroatoms. The number of amides is 1. The maximum absolute atomic E-state index is 12.1. The van der Waals surface area contributed by atoms with Gasteiger partial charge in [0.15, 0.2) is 5.75 Å². The molecule has 0 aliphatic heterocycles. The summed E-state index contributed by atoms with van der Waals surface area (Å²) in [6.45, 7) is 0.314. The molecule has 0 spiro atoms. The SMILES string of the molecule is COc1ccc(CNC(=O)Oc2c(N)sc3c2CCCC3)cc1Cl. The zero-order valence-corrected chi connectivity index (χ0v) is 14.9. The summed E-state index contributed by atoms with van der Waals surface area (Å²) in [7, 11) is 1.56. The van der Waals surface area contributed by atoms with E-state index in [4.69, 9.17) is 26.8 Å². The van der Waals surface area contributed by atoms with E-state index in [1.54, 1.807) is 19.2 Å². The minimum absolute atomic E-state index is 0.314. The minimum atomic E-state index is -0.514. The van der Waals surface area contributed by atoms with E-state index >= 15 is 0 Å². The van der Waals surface area contributed by atoms with Crippen molar-refractivity contribution >= 4 is 34.0 Å². The number of thiophene rings is 1. The molecule has 2 aromatic rings. The van der Waals surface area contributed by atoms with E-state index in [1.807, 2.05) is 6.07 Å². The number of nitrogens with one attached hydrogen (secondary N) is 1. The summed E-state index contributed by atoms with van der Waals surface area (Å²) in [5.41, 5.74) is 7.96. The second-order valence-electron chi connectivity index (χ2n) is 5.62. The van der Waals surface area contributed by atoms with Gasteiger partial charge in [-0.05, 0) is 43.4 Å². The van der Waals surface area contributed by atoms with Crippen LogP contribution < -0.4 is 20.5 Å². The smallest absolute Gasteiger partial charge is 0.412 e. The molecule has 1 aromatic heterocycles. The predicted octanol–water partition coefficient (Wildman–Crippen LogP) is 4.16. The van der Waals surface area contributed by atoms with Gasteiger partial charge in [-0.2, -0.15) is 0 Å². The van der Waals surface area contributed by atoms with Gasteiger partial charge >= 0.3 is 6.09 Å². The van der Waals surface area contributed by atoms with Gasteiger partial charge in [0, 0.05) is 17.0 Å². The van der Waals surface area contributed by atoms with Crippen LogP contribution in [0.5, 0.6) is 11.5 Å². The zero-order chi connectivity index (χ0) is 17.1. The maximum atomic E-state index is 12.1. The average Bonchev–Trinajstić information content (AvgIpc) is 2.89. The number of hydrogen-bond acceptors (Lipinski definition) is 5. The van der Waals surface area contributed by atoms with Gasteiger partial charge in [0.25, 0.3) is 0 Å². The predicted molar refractivity (Wildman–Crippen MR) is 96.2 cm³/mol. The Labute approximate surface area is 149 Å². The number of methoxy groups -OCH3 is 1. The van der Waals surface area contributed by atoms with Gasteiger partial charge in [0.1, 0.15) is 10.8 Å². The third kappa shape index (κ3) is 3.60. The largest absolute Gasteiger partial charge is 0.495 e. The van der Waals surface area contributed by atoms with Crippen LogP contribution in [0.1, 0.15) is 28.8 Å². The molecule has 0 radical (unpaired) electrons. The summed E-state index contributed by atoms with van der Waals surface area (Å²) in [5.74, 6) is 1.13. The van der Waals surface area contributed by atoms with E-state index in [9.17, 15) is 4.79 Å². The lowest BCUT2D eigenvalue weighted by Crippen LogP contribution is -2.26. The van der Waals surface area contributed by atoms with Crippen molar-refractivity contribution in [3.8, 4) is 11.5 Å². The lowest BCUT2D eigenvalue weighted by atomic mass is 9.99. The van der Waals surface area contributed by atoms with Crippen molar-refractivity contribution in [3.63, 3.8) is 0 Å². The summed E-state index contributed by atoms with van der Waals surface area (Å²) >= 11 is 7.60. The number of carbonyl (C=O) groups excluding carboxylic acids is 1. The number of hydrogen-bond donors (Lipinski definition) is 2. The fourth-order valence-electron chi connectivity index (χ4n) is 2.79. The van der Waals surface area contributed by atoms with Gasteiger partial charge < -0.3 is 20.5 Å². The average molecular weight is 367 g/mol. The molecule has 1 amide bonds. The van der Waals surface area contributed by atoms with E-state index in [0.717, 1.165) is 36.8 Å². The fourth-order valence-corrected chi connectivity index (χ4v) is 4.16. The van der Waals surface area contributed by atoms with Crippen LogP contribution >= 0.6 is 22.9 Å². The molecule has 5 nitrogen and oxygen atoms in total. The van der Waals surface area contributed by atoms with Crippen molar-refractivity contribution < 1.29 is 14.3 Å². The molecular weight excluding hydrogens is 348 g/mol. The topological polar surface area (TPSA) is 73.6 Å². The molecule has 0 bridgehead atoms. The molecule has 0 saturated heterocycles. The molecule has 0 unspecified atom stereocenters. The first-order chi connectivity index (χ1) is 11.6. The van der Waals surface area contributed by atoms with Crippen molar-refractivity contribution in [2.75, 3.05) is 12.8 Å². The quantitative estimate of drug-likeness (QED) is 0.852. The van der Waals surface area contributed by atoms with Crippen molar-refractivity contribution in [2.24, 2.45) is 0 Å². The van der Waals surface area contributed by atoms with E-state index < -0.39 is 6.09 Å². The molecule has 3 N–H and O–H groups in total. The summed E-state index contributed by atoms with van der Waals surface area (Å²) < 4.78 is 10.6. The Bertz CT molecular complexity index is 761. The van der Waals surface area contributed by atoms with E-state index in [-0.39, 0.29) is 0 Å². The number of halogens is 1. The van der Waals surface area contributed by atoms with Gasteiger partial charge in [-0.3, -0.25) is 0 Å². The Morgan fingerprint density at radius 2 is 2.17 bits per heavy atom. The lowest BCUT2D eigenvalue weighted by Gasteiger charge is -2.13. The monoisotopic (exact) mass is 366 g/mol. The van der Waals surface area contributed by atoms with Crippen LogP contribution in [0.2, 0.25) is 5.02 Å². The van der Waals surface area contributed by atoms with Gasteiger partial charge in [-0.1, -0.05) is 17.7 Å². The number of ether oxygens (including phenoxy) is 2. The molecule has 1 aliphatic rings. The highest BCUT2D eigenvalue weighted by Gasteiger charge is 2.22. The van der Waals surface area contributed by atoms with Crippen molar-refractivity contribution in [1.82, 2.24) is 5.32 Å². The molecule has 3 rings (SSSR count). The van der Waals surface area contributed by atoms with Crippen LogP contribution in [-0.4, -0.2) is 13.2 Å². The van der Waals surface area contributed by atoms with Crippen LogP contribution in [0.25, 0.3) is 0 Å². The number of aryl methyl sites for hydroxylation is 1. The highest BCUT2D eigenvalue weighted by molar-refractivity contribution is 7.16. The Hall–Kier alpha value is -1.92. The molecule has 0 atom stereocenters. The molecule has 1 aliphatic carbocycles. The number of nitrogen functional groups attached to an aromatic ring is 1. The number of rotatable bonds is 4. The Morgan fingerprint density at radius 1 is 1.38 bits per heavy atom. The summed E-state index contributed by atoms with van der Waals surface area (Å²) in [6, 6.07) is 5.35. The first kappa shape index (κ1) is 16.9. The molecule has 1 heterocycles. The Morgan fingerprint density at radius 3 is 2.92 bits per heavy atom. The van der Waals surface area contributed by atoms with Gasteiger partial charge in [-0.25, -0.2) is 4.79 Å². The standard InChI is InChI=1S/C17H19ClN2O3S/c1-22-13-7-6-10(8-12(13)18)9-20-17(21)23-15-11-4-2-3-5-14(11)24-16(15)19/h6-8H,2-5,9,19H2,1H3,(H,20,21). The molecular formula is C17H19ClN2O3S. The summed E-state index contributed by atoms with van der Waals surface area (Å²) in [5, 5.41) is 3.80. The number of carbonyl (C=O) groups is 1. The minimum Gasteiger partial charge on any atom is -0.495 e. The van der Waals surface area contributed by atoms with Crippen molar-refractivity contribution in [2.45, 2.75) is 32.2 Å². The maximum Gasteiger partial charge on any atom is 0.412 e. The van der Waals surface area contributed by atoms with Gasteiger partial charge in [0.05, 0.1) is 12.1 Å². The van der Waals surface area contributed by atoms with Crippen LogP contribution in [-0.2, 0) is 19.4 Å². The summed E-state index contributed by atoms with van der Waals surface area (Å²) in [4.78, 5) is 13.3. The second-order valence-corrected chi connectivity index (χ2v) is 7.16. The second kappa shape index (κ2) is 7.32. The van der Waals surface area contributed by atoms with Crippen LogP contribution in [0.15, 0.2) is 18.2 Å². The van der Waals surface area contributed by atoms with Gasteiger partial charge in [0.2, 0.25) is 0 Å². The first-order valence-electron chi connectivity index (χ1n) is 7.76. The molecule has 24 heavy (non-hydrogen) atoms. The van der Waals surface area contributed by atoms with Crippen LogP contribution in [0.4, 0.5) is 9.80 Å². The third-order valence-electron chi connectivity index (χ3n) is 4.00. The molecule has 0 saturated carbocycles. The summed E-state index contributed by atoms with van der Waals surface area (Å²) in [6.07, 6.45) is 3.68. The molecule has 128 valence electrons. The highest BCUT2D eigenvalue weighted by atomic mass is 35.5. The lowest BCUT2D eigenvalue weighted by molar-refractivity contribution is 0.200. The third-order valence-corrected chi connectivity index (χ3v) is 5.39. The van der Waals surface area contributed by atoms with Crippen LogP contribution in [0, 0.1) is 0 Å². The first-order valence-corrected chi connectivity index (χ1v) is 8.96. The van der Waals surface area contributed by atoms with Gasteiger partial charge in [-0.15, -0.1) is 11.3 Å². The normalized spacial score (nSPS) is 13.2. The van der Waals surface area contributed by atoms with E-state index in [1.165, 1.54) is 16.2 Å². The van der Waals surface area contributed by atoms with E-state index in [0.29, 0.717) is 28.1 Å². The van der Waals surface area contributed by atoms with E-state index in [2.05, 4.69) is 5.32 Å². The zero-order valence-electron chi connectivity index (χ0n) is 13.4. The molecule has 0 fully saturated rings. The molecule has 1 aromatic carbocycles. The van der Waals surface area contributed by atoms with Crippen LogP contribution in [0.3, 0.4) is 0 Å². The number of fused-ring (bicyclic) bond motifs is 1.